The summed E-state index contributed by atoms with van der Waals surface area (Å²) >= 11 is 3.33. The Morgan fingerprint density at radius 1 is 1.12 bits per heavy atom. The van der Waals surface area contributed by atoms with E-state index in [2.05, 4.69) is 25.4 Å². The average Bonchev–Trinajstić information content (AvgIpc) is 2.61. The molecular weight excluding hydrogens is 410 g/mol. The molecule has 25 heavy (non-hydrogen) atoms. The summed E-state index contributed by atoms with van der Waals surface area (Å²) in [6.45, 7) is 0. The molecule has 0 aromatic heterocycles. The number of hydrogen-bond donors (Lipinski definition) is 1. The molecule has 2 aromatic rings. The van der Waals surface area contributed by atoms with Gasteiger partial charge in [0.05, 0.1) is 26.7 Å². The molecule has 2 rings (SSSR count). The maximum absolute atomic E-state index is 12.8. The molecular formula is C17H18BrNO5S. The van der Waals surface area contributed by atoms with Crippen LogP contribution in [-0.4, -0.2) is 28.6 Å². The van der Waals surface area contributed by atoms with Gasteiger partial charge in [0.15, 0.2) is 0 Å². The second-order valence-corrected chi connectivity index (χ2v) is 7.75. The van der Waals surface area contributed by atoms with E-state index < -0.39 is 22.0 Å². The molecule has 0 saturated carbocycles. The van der Waals surface area contributed by atoms with Crippen LogP contribution < -0.4 is 9.46 Å². The molecule has 0 spiro atoms. The van der Waals surface area contributed by atoms with Crippen molar-refractivity contribution < 1.29 is 22.7 Å². The summed E-state index contributed by atoms with van der Waals surface area (Å²) in [4.78, 5) is 11.7. The summed E-state index contributed by atoms with van der Waals surface area (Å²) in [6.07, 6.45) is -0.132. The Kier molecular flexibility index (Phi) is 6.57. The van der Waals surface area contributed by atoms with Gasteiger partial charge in [0.25, 0.3) is 0 Å². The summed E-state index contributed by atoms with van der Waals surface area (Å²) in [7, 11) is -1.25. The first kappa shape index (κ1) is 19.4. The number of rotatable bonds is 7. The quantitative estimate of drug-likeness (QED) is 0.686. The van der Waals surface area contributed by atoms with Crippen molar-refractivity contribution in [1.82, 2.24) is 4.72 Å². The van der Waals surface area contributed by atoms with Crippen LogP contribution in [0.25, 0.3) is 0 Å². The van der Waals surface area contributed by atoms with Gasteiger partial charge in [0.1, 0.15) is 10.6 Å². The van der Waals surface area contributed by atoms with E-state index in [-0.39, 0.29) is 17.1 Å². The molecule has 1 atom stereocenters. The van der Waals surface area contributed by atoms with Crippen LogP contribution in [-0.2, 0) is 19.6 Å². The minimum Gasteiger partial charge on any atom is -0.495 e. The zero-order valence-electron chi connectivity index (χ0n) is 13.7. The average molecular weight is 428 g/mol. The number of halogens is 1. The number of carbonyl (C=O) groups is 1. The van der Waals surface area contributed by atoms with E-state index in [1.807, 2.05) is 0 Å². The monoisotopic (exact) mass is 427 g/mol. The van der Waals surface area contributed by atoms with Crippen LogP contribution in [0, 0.1) is 0 Å². The van der Waals surface area contributed by atoms with Crippen molar-refractivity contribution >= 4 is 31.9 Å². The maximum atomic E-state index is 12.8. The lowest BCUT2D eigenvalue weighted by molar-refractivity contribution is -0.141. The topological polar surface area (TPSA) is 81.7 Å². The molecule has 8 heteroatoms. The van der Waals surface area contributed by atoms with E-state index in [1.165, 1.54) is 20.3 Å². The largest absolute Gasteiger partial charge is 0.495 e. The lowest BCUT2D eigenvalue weighted by Crippen LogP contribution is -2.30. The SMILES string of the molecule is COC(=O)CC(NS(=O)(=O)c1ccccc1OC)c1ccc(Br)cc1. The summed E-state index contributed by atoms with van der Waals surface area (Å²) in [6, 6.07) is 12.5. The zero-order chi connectivity index (χ0) is 18.4. The number of hydrogen-bond acceptors (Lipinski definition) is 5. The molecule has 0 radical (unpaired) electrons. The van der Waals surface area contributed by atoms with Crippen molar-refractivity contribution in [3.8, 4) is 5.75 Å². The number of para-hydroxylation sites is 1. The first-order chi connectivity index (χ1) is 11.9. The standard InChI is InChI=1S/C17H18BrNO5S/c1-23-15-5-3-4-6-16(15)25(21,22)19-14(11-17(20)24-2)12-7-9-13(18)10-8-12/h3-10,14,19H,11H2,1-2H3. The minimum absolute atomic E-state index is 0.00415. The van der Waals surface area contributed by atoms with Crippen molar-refractivity contribution in [2.24, 2.45) is 0 Å². The molecule has 6 nitrogen and oxygen atoms in total. The Hall–Kier alpha value is -1.90. The summed E-state index contributed by atoms with van der Waals surface area (Å²) < 4.78 is 38.8. The van der Waals surface area contributed by atoms with Crippen LogP contribution in [0.5, 0.6) is 5.75 Å². The lowest BCUT2D eigenvalue weighted by Gasteiger charge is -2.19. The summed E-state index contributed by atoms with van der Waals surface area (Å²) in [5.41, 5.74) is 0.645. The van der Waals surface area contributed by atoms with E-state index >= 15 is 0 Å². The number of ether oxygens (including phenoxy) is 2. The molecule has 0 aliphatic heterocycles. The van der Waals surface area contributed by atoms with Crippen LogP contribution in [0.15, 0.2) is 57.9 Å². The Morgan fingerprint density at radius 3 is 2.36 bits per heavy atom. The van der Waals surface area contributed by atoms with Gasteiger partial charge in [0.2, 0.25) is 10.0 Å². The van der Waals surface area contributed by atoms with Gasteiger partial charge in [0, 0.05) is 4.47 Å². The second-order valence-electron chi connectivity index (χ2n) is 5.16. The van der Waals surface area contributed by atoms with E-state index in [1.54, 1.807) is 42.5 Å². The highest BCUT2D eigenvalue weighted by Gasteiger charge is 2.26. The van der Waals surface area contributed by atoms with Gasteiger partial charge in [-0.2, -0.15) is 0 Å². The van der Waals surface area contributed by atoms with Crippen molar-refractivity contribution in [2.45, 2.75) is 17.4 Å². The first-order valence-corrected chi connectivity index (χ1v) is 9.62. The third-order valence-electron chi connectivity index (χ3n) is 3.53. The fourth-order valence-electron chi connectivity index (χ4n) is 2.26. The van der Waals surface area contributed by atoms with E-state index in [0.29, 0.717) is 5.56 Å². The van der Waals surface area contributed by atoms with Gasteiger partial charge in [-0.15, -0.1) is 0 Å². The van der Waals surface area contributed by atoms with Gasteiger partial charge in [-0.05, 0) is 29.8 Å². The fourth-order valence-corrected chi connectivity index (χ4v) is 3.92. The normalized spacial score (nSPS) is 12.4. The van der Waals surface area contributed by atoms with Crippen molar-refractivity contribution in [3.63, 3.8) is 0 Å². The predicted octanol–water partition coefficient (Wildman–Crippen LogP) is 3.04. The predicted molar refractivity (Wildman–Crippen MR) is 96.8 cm³/mol. The second kappa shape index (κ2) is 8.46. The smallest absolute Gasteiger partial charge is 0.307 e. The van der Waals surface area contributed by atoms with Crippen LogP contribution in [0.1, 0.15) is 18.0 Å². The molecule has 1 unspecified atom stereocenters. The number of carbonyl (C=O) groups excluding carboxylic acids is 1. The van der Waals surface area contributed by atoms with Gasteiger partial charge < -0.3 is 9.47 Å². The summed E-state index contributed by atoms with van der Waals surface area (Å²) in [5, 5.41) is 0. The summed E-state index contributed by atoms with van der Waals surface area (Å²) in [5.74, 6) is -0.293. The molecule has 134 valence electrons. The van der Waals surface area contributed by atoms with E-state index in [4.69, 9.17) is 4.74 Å². The Balaban J connectivity index is 2.37. The number of methoxy groups -OCH3 is 2. The number of nitrogens with one attached hydrogen (secondary N) is 1. The molecule has 2 aromatic carbocycles. The lowest BCUT2D eigenvalue weighted by atomic mass is 10.1. The highest BCUT2D eigenvalue weighted by Crippen LogP contribution is 2.27. The third kappa shape index (κ3) is 5.04. The highest BCUT2D eigenvalue weighted by atomic mass is 79.9. The Labute approximate surface area is 155 Å². The van der Waals surface area contributed by atoms with Crippen molar-refractivity contribution in [1.29, 1.82) is 0 Å². The molecule has 0 saturated heterocycles. The number of esters is 1. The Morgan fingerprint density at radius 2 is 1.76 bits per heavy atom. The fraction of sp³-hybridized carbons (Fsp3) is 0.235. The number of benzene rings is 2. The van der Waals surface area contributed by atoms with Crippen LogP contribution in [0.4, 0.5) is 0 Å². The minimum atomic E-state index is -3.91. The molecule has 0 amide bonds. The zero-order valence-corrected chi connectivity index (χ0v) is 16.1. The van der Waals surface area contributed by atoms with Gasteiger partial charge >= 0.3 is 5.97 Å². The molecule has 0 aliphatic carbocycles. The highest BCUT2D eigenvalue weighted by molar-refractivity contribution is 9.10. The third-order valence-corrected chi connectivity index (χ3v) is 5.57. The Bertz CT molecular complexity index is 836. The molecule has 0 bridgehead atoms. The van der Waals surface area contributed by atoms with Gasteiger partial charge in [-0.1, -0.05) is 40.2 Å². The van der Waals surface area contributed by atoms with E-state index in [9.17, 15) is 13.2 Å². The van der Waals surface area contributed by atoms with Crippen LogP contribution >= 0.6 is 15.9 Å². The van der Waals surface area contributed by atoms with Gasteiger partial charge in [-0.25, -0.2) is 13.1 Å². The molecule has 0 heterocycles. The first-order valence-electron chi connectivity index (χ1n) is 7.35. The van der Waals surface area contributed by atoms with E-state index in [0.717, 1.165) is 4.47 Å². The maximum Gasteiger partial charge on any atom is 0.307 e. The molecule has 0 aliphatic rings. The molecule has 0 fully saturated rings. The number of sulfonamides is 1. The van der Waals surface area contributed by atoms with Crippen LogP contribution in [0.2, 0.25) is 0 Å². The molecule has 1 N–H and O–H groups in total. The van der Waals surface area contributed by atoms with Crippen molar-refractivity contribution in [2.75, 3.05) is 14.2 Å². The van der Waals surface area contributed by atoms with Crippen LogP contribution in [0.3, 0.4) is 0 Å². The van der Waals surface area contributed by atoms with Gasteiger partial charge in [-0.3, -0.25) is 4.79 Å². The van der Waals surface area contributed by atoms with Crippen molar-refractivity contribution in [3.05, 3.63) is 58.6 Å².